The number of nitrogens with two attached hydrogens (primary N) is 1. The van der Waals surface area contributed by atoms with Crippen LogP contribution < -0.4 is 11.1 Å². The number of carbonyl (C=O) groups excluding carboxylic acids is 1. The number of amides is 1. The average molecular weight is 401 g/mol. The van der Waals surface area contributed by atoms with Gasteiger partial charge in [0, 0.05) is 11.8 Å². The monoisotopic (exact) mass is 400 g/mol. The minimum absolute atomic E-state index is 0.250. The van der Waals surface area contributed by atoms with Crippen LogP contribution in [0.2, 0.25) is 0 Å². The molecule has 1 aliphatic heterocycles. The minimum Gasteiger partial charge on any atom is -0.382 e. The van der Waals surface area contributed by atoms with Gasteiger partial charge in [0.1, 0.15) is 10.4 Å². The number of amidine groups is 1. The molecule has 0 fully saturated rings. The van der Waals surface area contributed by atoms with E-state index in [0.717, 1.165) is 0 Å². The van der Waals surface area contributed by atoms with E-state index < -0.39 is 33.9 Å². The number of hydrogen-bond donors (Lipinski definition) is 2. The molecule has 2 aromatic heterocycles. The molecule has 0 aliphatic carbocycles. The molecule has 0 spiro atoms. The predicted molar refractivity (Wildman–Crippen MR) is 81.1 cm³/mol. The molecular weight excluding hydrogens is 393 g/mol. The number of alkyl halides is 3. The number of rotatable bonds is 1. The van der Waals surface area contributed by atoms with Gasteiger partial charge >= 0.3 is 6.18 Å². The number of hydrogen-bond acceptors (Lipinski definition) is 6. The van der Waals surface area contributed by atoms with Crippen LogP contribution in [0, 0.1) is 0 Å². The molecule has 0 saturated heterocycles. The Morgan fingerprint density at radius 2 is 2.08 bits per heavy atom. The van der Waals surface area contributed by atoms with E-state index in [0.29, 0.717) is 17.8 Å². The predicted octanol–water partition coefficient (Wildman–Crippen LogP) is 1.93. The van der Waals surface area contributed by atoms with Crippen molar-refractivity contribution in [3.05, 3.63) is 45.6 Å². The van der Waals surface area contributed by atoms with Gasteiger partial charge in [-0.15, -0.1) is 0 Å². The second kappa shape index (κ2) is 5.82. The summed E-state index contributed by atoms with van der Waals surface area (Å²) in [6.45, 7) is 0.295. The fourth-order valence-electron chi connectivity index (χ4n) is 2.07. The lowest BCUT2D eigenvalue weighted by molar-refractivity contribution is -0.142. The molecular formula is C13H8BrF3N6O. The van der Waals surface area contributed by atoms with Crippen LogP contribution in [-0.4, -0.2) is 26.7 Å². The highest BCUT2D eigenvalue weighted by molar-refractivity contribution is 9.10. The molecule has 0 radical (unpaired) electrons. The van der Waals surface area contributed by atoms with Gasteiger partial charge in [-0.2, -0.15) is 13.2 Å². The van der Waals surface area contributed by atoms with Crippen LogP contribution in [0.5, 0.6) is 0 Å². The molecule has 0 atom stereocenters. The number of pyridine rings is 1. The highest BCUT2D eigenvalue weighted by atomic mass is 79.9. The maximum atomic E-state index is 12.7. The number of fused-ring (bicyclic) bond motifs is 1. The van der Waals surface area contributed by atoms with Crippen LogP contribution in [-0.2, 0) is 12.7 Å². The van der Waals surface area contributed by atoms with Crippen molar-refractivity contribution in [2.75, 3.05) is 5.73 Å². The molecule has 3 N–H and O–H groups in total. The van der Waals surface area contributed by atoms with Crippen molar-refractivity contribution in [3.63, 3.8) is 0 Å². The molecule has 0 aromatic carbocycles. The van der Waals surface area contributed by atoms with Crippen LogP contribution in [0.4, 0.5) is 19.0 Å². The molecule has 3 rings (SSSR count). The maximum Gasteiger partial charge on any atom is 0.436 e. The van der Waals surface area contributed by atoms with Gasteiger partial charge in [0.2, 0.25) is 0 Å². The van der Waals surface area contributed by atoms with E-state index in [-0.39, 0.29) is 5.84 Å². The first-order chi connectivity index (χ1) is 11.3. The number of anilines is 1. The van der Waals surface area contributed by atoms with Crippen molar-refractivity contribution in [2.24, 2.45) is 4.99 Å². The molecule has 0 saturated carbocycles. The van der Waals surface area contributed by atoms with Crippen LogP contribution in [0.25, 0.3) is 0 Å². The first-order valence-corrected chi connectivity index (χ1v) is 7.27. The van der Waals surface area contributed by atoms with Crippen molar-refractivity contribution in [1.29, 1.82) is 0 Å². The average Bonchev–Trinajstić information content (AvgIpc) is 2.91. The Kier molecular flexibility index (Phi) is 3.95. The van der Waals surface area contributed by atoms with Gasteiger partial charge in [-0.1, -0.05) is 0 Å². The molecule has 11 heteroatoms. The standard InChI is InChI=1S/C13H8BrF3N6O/c14-9-8(13(15,16)17)22-10(18)7(21-9)12(24)23-11-5-2-1-3-19-6(5)4-20-11/h1-3H,4H2,(H2,18,22)(H,20,23,24). The van der Waals surface area contributed by atoms with Gasteiger partial charge in [-0.05, 0) is 28.1 Å². The molecule has 124 valence electrons. The largest absolute Gasteiger partial charge is 0.436 e. The Bertz CT molecular complexity index is 867. The van der Waals surface area contributed by atoms with Gasteiger partial charge in [0.05, 0.1) is 12.2 Å². The van der Waals surface area contributed by atoms with Crippen LogP contribution in [0.1, 0.15) is 27.4 Å². The first-order valence-electron chi connectivity index (χ1n) is 6.47. The Labute approximate surface area is 141 Å². The zero-order chi connectivity index (χ0) is 17.5. The van der Waals surface area contributed by atoms with Crippen LogP contribution in [0.15, 0.2) is 27.9 Å². The van der Waals surface area contributed by atoms with Crippen molar-refractivity contribution < 1.29 is 18.0 Å². The molecule has 2 aromatic rings. The van der Waals surface area contributed by atoms with Gasteiger partial charge in [0.15, 0.2) is 17.2 Å². The third kappa shape index (κ3) is 2.94. The molecule has 7 nitrogen and oxygen atoms in total. The van der Waals surface area contributed by atoms with Gasteiger partial charge in [-0.3, -0.25) is 14.8 Å². The molecule has 1 aliphatic rings. The smallest absolute Gasteiger partial charge is 0.382 e. The summed E-state index contributed by atoms with van der Waals surface area (Å²) in [5, 5.41) is 2.46. The quantitative estimate of drug-likeness (QED) is 0.760. The second-order valence-corrected chi connectivity index (χ2v) is 5.46. The van der Waals surface area contributed by atoms with E-state index in [1.54, 1.807) is 18.3 Å². The highest BCUT2D eigenvalue weighted by Crippen LogP contribution is 2.33. The summed E-state index contributed by atoms with van der Waals surface area (Å²) in [6, 6.07) is 3.39. The summed E-state index contributed by atoms with van der Waals surface area (Å²) in [7, 11) is 0. The Balaban J connectivity index is 1.88. The molecule has 3 heterocycles. The number of nitrogens with one attached hydrogen (secondary N) is 1. The van der Waals surface area contributed by atoms with E-state index >= 15 is 0 Å². The number of halogens is 4. The Morgan fingerprint density at radius 3 is 2.79 bits per heavy atom. The summed E-state index contributed by atoms with van der Waals surface area (Å²) in [6.07, 6.45) is -3.15. The molecule has 24 heavy (non-hydrogen) atoms. The second-order valence-electron chi connectivity index (χ2n) is 4.71. The number of nitrogens with zero attached hydrogens (tertiary/aromatic N) is 4. The van der Waals surface area contributed by atoms with E-state index in [2.05, 4.69) is 41.2 Å². The normalized spacial score (nSPS) is 13.4. The van der Waals surface area contributed by atoms with Gasteiger partial charge in [0.25, 0.3) is 5.91 Å². The van der Waals surface area contributed by atoms with Crippen LogP contribution in [0.3, 0.4) is 0 Å². The van der Waals surface area contributed by atoms with Crippen LogP contribution >= 0.6 is 15.9 Å². The van der Waals surface area contributed by atoms with E-state index in [1.165, 1.54) is 0 Å². The topological polar surface area (TPSA) is 106 Å². The molecule has 1 amide bonds. The van der Waals surface area contributed by atoms with Crippen molar-refractivity contribution in [2.45, 2.75) is 12.7 Å². The minimum atomic E-state index is -4.74. The van der Waals surface area contributed by atoms with Gasteiger partial charge < -0.3 is 11.1 Å². The van der Waals surface area contributed by atoms with Crippen molar-refractivity contribution >= 4 is 33.5 Å². The first kappa shape index (κ1) is 16.3. The zero-order valence-corrected chi connectivity index (χ0v) is 13.3. The third-order valence-corrected chi connectivity index (χ3v) is 3.68. The highest BCUT2D eigenvalue weighted by Gasteiger charge is 2.37. The summed E-state index contributed by atoms with van der Waals surface area (Å²) in [4.78, 5) is 27.3. The molecule has 0 bridgehead atoms. The lowest BCUT2D eigenvalue weighted by Gasteiger charge is -2.11. The lowest BCUT2D eigenvalue weighted by atomic mass is 10.2. The Hall–Kier alpha value is -2.56. The van der Waals surface area contributed by atoms with Gasteiger partial charge in [-0.25, -0.2) is 9.97 Å². The summed E-state index contributed by atoms with van der Waals surface area (Å²) < 4.78 is 37.6. The van der Waals surface area contributed by atoms with E-state index in [9.17, 15) is 18.0 Å². The lowest BCUT2D eigenvalue weighted by Crippen LogP contribution is -2.32. The number of aliphatic imine (C=N–C) groups is 1. The fraction of sp³-hybridized carbons (Fsp3) is 0.154. The van der Waals surface area contributed by atoms with E-state index in [4.69, 9.17) is 5.73 Å². The maximum absolute atomic E-state index is 12.7. The number of nitrogen functional groups attached to an aromatic ring is 1. The van der Waals surface area contributed by atoms with Crippen molar-refractivity contribution in [1.82, 2.24) is 20.3 Å². The summed E-state index contributed by atoms with van der Waals surface area (Å²) in [5.41, 5.74) is 5.02. The number of carbonyl (C=O) groups is 1. The zero-order valence-electron chi connectivity index (χ0n) is 11.7. The fourth-order valence-corrected chi connectivity index (χ4v) is 2.56. The summed E-state index contributed by atoms with van der Waals surface area (Å²) in [5.74, 6) is -1.20. The Morgan fingerprint density at radius 1 is 1.33 bits per heavy atom. The van der Waals surface area contributed by atoms with E-state index in [1.807, 2.05) is 0 Å². The SMILES string of the molecule is Nc1nc(C(F)(F)F)c(Br)nc1C(=O)NC1=NCc2ncccc21. The molecule has 0 unspecified atom stereocenters. The third-order valence-electron chi connectivity index (χ3n) is 3.13. The number of aromatic nitrogens is 3. The summed E-state index contributed by atoms with van der Waals surface area (Å²) >= 11 is 2.65. The van der Waals surface area contributed by atoms with Crippen molar-refractivity contribution in [3.8, 4) is 0 Å².